The number of carbonyl (C=O) groups is 2. The van der Waals surface area contributed by atoms with E-state index in [0.717, 1.165) is 0 Å². The third-order valence-electron chi connectivity index (χ3n) is 2.51. The van der Waals surface area contributed by atoms with Crippen LogP contribution in [0, 0.1) is 5.92 Å². The zero-order valence-electron chi connectivity index (χ0n) is 10.8. The molecule has 0 spiro atoms. The maximum Gasteiger partial charge on any atom is 0.359 e. The summed E-state index contributed by atoms with van der Waals surface area (Å²) in [6.07, 6.45) is 0.774. The molecule has 6 nitrogen and oxygen atoms in total. The van der Waals surface area contributed by atoms with E-state index in [0.29, 0.717) is 12.3 Å². The van der Waals surface area contributed by atoms with Gasteiger partial charge in [-0.15, -0.1) is 0 Å². The summed E-state index contributed by atoms with van der Waals surface area (Å²) in [5.74, 6) is -1.77. The molecule has 5 N–H and O–H groups in total. The Kier molecular flexibility index (Phi) is 5.10. The highest BCUT2D eigenvalue weighted by Gasteiger charge is 2.49. The molecule has 0 radical (unpaired) electrons. The number of aliphatic carboxylic acids is 1. The number of rotatable bonds is 6. The van der Waals surface area contributed by atoms with E-state index in [1.54, 1.807) is 0 Å². The number of hydrogen-bond donors (Lipinski definition) is 4. The lowest BCUT2D eigenvalue weighted by Gasteiger charge is -2.36. The van der Waals surface area contributed by atoms with Gasteiger partial charge in [-0.2, -0.15) is 0 Å². The topological polar surface area (TPSA) is 113 Å². The first-order chi connectivity index (χ1) is 7.50. The van der Waals surface area contributed by atoms with Crippen molar-refractivity contribution in [2.24, 2.45) is 11.7 Å². The predicted molar refractivity (Wildman–Crippen MR) is 63.1 cm³/mol. The van der Waals surface area contributed by atoms with Crippen LogP contribution in [0.2, 0.25) is 0 Å². The van der Waals surface area contributed by atoms with Crippen molar-refractivity contribution < 1.29 is 19.8 Å². The first kappa shape index (κ1) is 15.9. The first-order valence-corrected chi connectivity index (χ1v) is 5.56. The molecule has 100 valence electrons. The first-order valence-electron chi connectivity index (χ1n) is 5.56. The molecule has 0 aliphatic rings. The Labute approximate surface area is 101 Å². The number of nitrogens with two attached hydrogens (primary N) is 1. The van der Waals surface area contributed by atoms with Crippen LogP contribution in [0.25, 0.3) is 0 Å². The van der Waals surface area contributed by atoms with E-state index in [-0.39, 0.29) is 6.42 Å². The Balaban J connectivity index is 4.69. The van der Waals surface area contributed by atoms with Crippen molar-refractivity contribution in [2.75, 3.05) is 0 Å². The van der Waals surface area contributed by atoms with Gasteiger partial charge in [0.05, 0.1) is 5.54 Å². The Morgan fingerprint density at radius 2 is 1.82 bits per heavy atom. The fraction of sp³-hybridized carbons (Fsp3) is 0.818. The number of amides is 1. The van der Waals surface area contributed by atoms with Gasteiger partial charge < -0.3 is 21.3 Å². The van der Waals surface area contributed by atoms with Crippen molar-refractivity contribution in [3.8, 4) is 0 Å². The van der Waals surface area contributed by atoms with Crippen LogP contribution in [0.3, 0.4) is 0 Å². The lowest BCUT2D eigenvalue weighted by Crippen LogP contribution is -2.70. The lowest BCUT2D eigenvalue weighted by molar-refractivity contribution is -0.173. The third kappa shape index (κ3) is 4.32. The molecule has 0 bridgehead atoms. The Morgan fingerprint density at radius 1 is 1.35 bits per heavy atom. The monoisotopic (exact) mass is 246 g/mol. The highest BCUT2D eigenvalue weighted by Crippen LogP contribution is 2.17. The molecule has 1 amide bonds. The minimum atomic E-state index is -2.46. The van der Waals surface area contributed by atoms with Crippen LogP contribution in [0.1, 0.15) is 40.5 Å². The highest BCUT2D eigenvalue weighted by molar-refractivity contribution is 5.86. The molecular formula is C11H22N2O4. The van der Waals surface area contributed by atoms with Crippen molar-refractivity contribution in [1.29, 1.82) is 0 Å². The van der Waals surface area contributed by atoms with Gasteiger partial charge in [-0.3, -0.25) is 4.79 Å². The Morgan fingerprint density at radius 3 is 2.12 bits per heavy atom. The molecule has 0 saturated heterocycles. The second-order valence-electron chi connectivity index (χ2n) is 5.22. The summed E-state index contributed by atoms with van der Waals surface area (Å²) in [5.41, 5.74) is 1.64. The molecule has 0 aromatic rings. The second kappa shape index (κ2) is 5.46. The Hall–Kier alpha value is -1.14. The standard InChI is InChI=1S/C11H22N2O4/c1-7(2)5-6-8(14)13-11(17,9(15)16)10(3,4)12/h7,17H,5-6,12H2,1-4H3,(H,13,14)(H,15,16). The number of carbonyl (C=O) groups excluding carboxylic acids is 1. The summed E-state index contributed by atoms with van der Waals surface area (Å²) in [4.78, 5) is 22.5. The zero-order valence-corrected chi connectivity index (χ0v) is 10.8. The van der Waals surface area contributed by atoms with Crippen molar-refractivity contribution in [2.45, 2.75) is 51.8 Å². The van der Waals surface area contributed by atoms with Gasteiger partial charge in [0, 0.05) is 6.42 Å². The number of nitrogens with one attached hydrogen (secondary N) is 1. The van der Waals surface area contributed by atoms with Crippen molar-refractivity contribution in [3.05, 3.63) is 0 Å². The van der Waals surface area contributed by atoms with Crippen molar-refractivity contribution in [3.63, 3.8) is 0 Å². The van der Waals surface area contributed by atoms with Crippen molar-refractivity contribution in [1.82, 2.24) is 5.32 Å². The van der Waals surface area contributed by atoms with Crippen LogP contribution in [0.5, 0.6) is 0 Å². The van der Waals surface area contributed by atoms with E-state index in [1.807, 2.05) is 13.8 Å². The van der Waals surface area contributed by atoms with Crippen LogP contribution in [0.15, 0.2) is 0 Å². The lowest BCUT2D eigenvalue weighted by atomic mass is 9.91. The zero-order chi connectivity index (χ0) is 13.9. The number of aliphatic hydroxyl groups is 1. The molecule has 1 unspecified atom stereocenters. The van der Waals surface area contributed by atoms with Crippen LogP contribution < -0.4 is 11.1 Å². The third-order valence-corrected chi connectivity index (χ3v) is 2.51. The Bertz CT molecular complexity index is 296. The van der Waals surface area contributed by atoms with Gasteiger partial charge in [-0.25, -0.2) is 4.79 Å². The van der Waals surface area contributed by atoms with Gasteiger partial charge in [0.2, 0.25) is 5.91 Å². The summed E-state index contributed by atoms with van der Waals surface area (Å²) in [5, 5.41) is 20.9. The molecule has 0 aromatic heterocycles. The van der Waals surface area contributed by atoms with E-state index in [1.165, 1.54) is 13.8 Å². The van der Waals surface area contributed by atoms with Gasteiger partial charge in [0.25, 0.3) is 5.72 Å². The maximum atomic E-state index is 11.5. The molecule has 17 heavy (non-hydrogen) atoms. The van der Waals surface area contributed by atoms with Gasteiger partial charge in [0.15, 0.2) is 0 Å². The van der Waals surface area contributed by atoms with E-state index < -0.39 is 23.1 Å². The molecule has 0 saturated carbocycles. The molecule has 0 rings (SSSR count). The maximum absolute atomic E-state index is 11.5. The number of hydrogen-bond acceptors (Lipinski definition) is 4. The molecule has 0 aliphatic heterocycles. The average Bonchev–Trinajstić information content (AvgIpc) is 2.12. The van der Waals surface area contributed by atoms with Crippen LogP contribution in [-0.4, -0.2) is 33.4 Å². The molecule has 1 atom stereocenters. The highest BCUT2D eigenvalue weighted by atomic mass is 16.4. The second-order valence-corrected chi connectivity index (χ2v) is 5.22. The molecule has 0 fully saturated rings. The molecule has 0 heterocycles. The van der Waals surface area contributed by atoms with Crippen LogP contribution in [-0.2, 0) is 9.59 Å². The smallest absolute Gasteiger partial charge is 0.359 e. The quantitative estimate of drug-likeness (QED) is 0.495. The summed E-state index contributed by atoms with van der Waals surface area (Å²) < 4.78 is 0. The minimum absolute atomic E-state index is 0.156. The number of carboxylic acid groups (broad SMARTS) is 1. The van der Waals surface area contributed by atoms with Crippen LogP contribution >= 0.6 is 0 Å². The van der Waals surface area contributed by atoms with Gasteiger partial charge >= 0.3 is 5.97 Å². The molecule has 0 aliphatic carbocycles. The fourth-order valence-electron chi connectivity index (χ4n) is 1.17. The van der Waals surface area contributed by atoms with Crippen LogP contribution in [0.4, 0.5) is 0 Å². The largest absolute Gasteiger partial charge is 0.478 e. The van der Waals surface area contributed by atoms with Gasteiger partial charge in [-0.1, -0.05) is 13.8 Å². The van der Waals surface area contributed by atoms with E-state index >= 15 is 0 Å². The summed E-state index contributed by atoms with van der Waals surface area (Å²) in [7, 11) is 0. The van der Waals surface area contributed by atoms with Gasteiger partial charge in [-0.05, 0) is 26.2 Å². The fourth-order valence-corrected chi connectivity index (χ4v) is 1.17. The van der Waals surface area contributed by atoms with Gasteiger partial charge in [0.1, 0.15) is 0 Å². The van der Waals surface area contributed by atoms with E-state index in [9.17, 15) is 14.7 Å². The molecule has 0 aromatic carbocycles. The SMILES string of the molecule is CC(C)CCC(=O)NC(O)(C(=O)O)C(C)(C)N. The summed E-state index contributed by atoms with van der Waals surface area (Å²) in [6, 6.07) is 0. The summed E-state index contributed by atoms with van der Waals surface area (Å²) >= 11 is 0. The molecular weight excluding hydrogens is 224 g/mol. The summed E-state index contributed by atoms with van der Waals surface area (Å²) in [6.45, 7) is 6.57. The molecule has 6 heteroatoms. The number of carboxylic acids is 1. The predicted octanol–water partition coefficient (Wildman–Crippen LogP) is 0.0493. The average molecular weight is 246 g/mol. The van der Waals surface area contributed by atoms with Crippen molar-refractivity contribution >= 4 is 11.9 Å². The normalized spacial score (nSPS) is 15.5. The van der Waals surface area contributed by atoms with E-state index in [4.69, 9.17) is 10.8 Å². The van der Waals surface area contributed by atoms with E-state index in [2.05, 4.69) is 5.32 Å². The minimum Gasteiger partial charge on any atom is -0.478 e.